The molecule has 0 saturated carbocycles. The van der Waals surface area contributed by atoms with E-state index < -0.39 is 5.91 Å². The van der Waals surface area contributed by atoms with Crippen LogP contribution < -0.4 is 19.5 Å². The van der Waals surface area contributed by atoms with Gasteiger partial charge in [0.25, 0.3) is 5.91 Å². The Labute approximate surface area is 233 Å². The van der Waals surface area contributed by atoms with Crippen LogP contribution in [0.25, 0.3) is 6.08 Å². The summed E-state index contributed by atoms with van der Waals surface area (Å²) in [5, 5.41) is 13.3. The lowest BCUT2D eigenvalue weighted by Crippen LogP contribution is -2.13. The fourth-order valence-electron chi connectivity index (χ4n) is 3.17. The Morgan fingerprint density at radius 2 is 1.72 bits per heavy atom. The number of nitriles is 1. The Morgan fingerprint density at radius 1 is 1.00 bits per heavy atom. The quantitative estimate of drug-likeness (QED) is 0.141. The molecule has 0 saturated heterocycles. The van der Waals surface area contributed by atoms with Crippen LogP contribution in [0.4, 0.5) is 5.69 Å². The molecule has 0 spiro atoms. The Kier molecular flexibility index (Phi) is 10.3. The molecule has 3 aromatic rings. The number of carbonyl (C=O) groups is 1. The summed E-state index contributed by atoms with van der Waals surface area (Å²) in [5.74, 6) is 1.23. The van der Waals surface area contributed by atoms with Gasteiger partial charge in [0.2, 0.25) is 0 Å². The maximum absolute atomic E-state index is 12.7. The number of anilines is 1. The highest BCUT2D eigenvalue weighted by atomic mass is 127. The number of hydrogen-bond acceptors (Lipinski definition) is 5. The normalized spacial score (nSPS) is 10.9. The van der Waals surface area contributed by atoms with Crippen molar-refractivity contribution in [1.82, 2.24) is 0 Å². The number of nitrogens with one attached hydrogen (secondary N) is 1. The van der Waals surface area contributed by atoms with Crippen molar-refractivity contribution in [3.05, 3.63) is 84.9 Å². The monoisotopic (exact) mass is 636 g/mol. The molecule has 0 atom stereocenters. The molecule has 6 nitrogen and oxygen atoms in total. The van der Waals surface area contributed by atoms with Crippen LogP contribution in [0.3, 0.4) is 0 Å². The zero-order chi connectivity index (χ0) is 26.1. The van der Waals surface area contributed by atoms with Crippen LogP contribution in [0.5, 0.6) is 17.2 Å². The Balaban J connectivity index is 1.80. The molecule has 3 rings (SSSR count). The SMILES string of the molecule is CCOc1ccc(NC(=O)/C(C#N)=C/c2cc(I)c(OCc3ccc(Cl)c(Cl)c3)c(OCC)c2)cc1. The maximum atomic E-state index is 12.7. The molecule has 36 heavy (non-hydrogen) atoms. The van der Waals surface area contributed by atoms with E-state index in [1.54, 1.807) is 42.5 Å². The standard InChI is InChI=1S/C27H23Cl2IN2O4/c1-3-34-21-8-6-20(7-9-21)32-27(33)19(15-31)11-18-13-24(30)26(25(14-18)35-4-2)36-16-17-5-10-22(28)23(29)12-17/h5-14H,3-4,16H2,1-2H3,(H,32,33)/b19-11+. The zero-order valence-corrected chi connectivity index (χ0v) is 23.3. The number of benzene rings is 3. The van der Waals surface area contributed by atoms with Gasteiger partial charge in [0.15, 0.2) is 11.5 Å². The van der Waals surface area contributed by atoms with Crippen molar-refractivity contribution >= 4 is 63.5 Å². The van der Waals surface area contributed by atoms with Gasteiger partial charge in [-0.15, -0.1) is 0 Å². The molecule has 0 heterocycles. The summed E-state index contributed by atoms with van der Waals surface area (Å²) < 4.78 is 18.0. The molecule has 9 heteroatoms. The smallest absolute Gasteiger partial charge is 0.266 e. The minimum atomic E-state index is -0.519. The summed E-state index contributed by atoms with van der Waals surface area (Å²) in [4.78, 5) is 12.7. The molecule has 186 valence electrons. The van der Waals surface area contributed by atoms with Crippen molar-refractivity contribution in [2.75, 3.05) is 18.5 Å². The molecule has 0 aliphatic carbocycles. The van der Waals surface area contributed by atoms with Crippen LogP contribution in [0.2, 0.25) is 10.0 Å². The fraction of sp³-hybridized carbons (Fsp3) is 0.185. The molecule has 0 bridgehead atoms. The predicted molar refractivity (Wildman–Crippen MR) is 151 cm³/mol. The lowest BCUT2D eigenvalue weighted by molar-refractivity contribution is -0.112. The predicted octanol–water partition coefficient (Wildman–Crippen LogP) is 7.52. The van der Waals surface area contributed by atoms with Gasteiger partial charge in [0.05, 0.1) is 26.8 Å². The summed E-state index contributed by atoms with van der Waals surface area (Å²) in [6.45, 7) is 4.98. The van der Waals surface area contributed by atoms with Crippen molar-refractivity contribution in [2.24, 2.45) is 0 Å². The molecule has 1 N–H and O–H groups in total. The third-order valence-electron chi connectivity index (χ3n) is 4.80. The average molecular weight is 637 g/mol. The second-order valence-corrected chi connectivity index (χ2v) is 9.36. The Bertz CT molecular complexity index is 1300. The van der Waals surface area contributed by atoms with E-state index in [1.807, 2.05) is 32.0 Å². The molecule has 0 unspecified atom stereocenters. The van der Waals surface area contributed by atoms with E-state index in [9.17, 15) is 10.1 Å². The first-order valence-corrected chi connectivity index (χ1v) is 12.9. The van der Waals surface area contributed by atoms with Crippen LogP contribution >= 0.6 is 45.8 Å². The van der Waals surface area contributed by atoms with Gasteiger partial charge in [-0.25, -0.2) is 0 Å². The number of carbonyl (C=O) groups excluding carboxylic acids is 1. The van der Waals surface area contributed by atoms with Gasteiger partial charge >= 0.3 is 0 Å². The molecular formula is C27H23Cl2IN2O4. The largest absolute Gasteiger partial charge is 0.494 e. The first-order valence-electron chi connectivity index (χ1n) is 11.0. The summed E-state index contributed by atoms with van der Waals surface area (Å²) in [7, 11) is 0. The van der Waals surface area contributed by atoms with Crippen LogP contribution in [-0.4, -0.2) is 19.1 Å². The second kappa shape index (κ2) is 13.4. The number of nitrogens with zero attached hydrogens (tertiary/aromatic N) is 1. The van der Waals surface area contributed by atoms with Crippen molar-refractivity contribution in [1.29, 1.82) is 5.26 Å². The number of amides is 1. The van der Waals surface area contributed by atoms with E-state index in [2.05, 4.69) is 27.9 Å². The third-order valence-corrected chi connectivity index (χ3v) is 6.34. The van der Waals surface area contributed by atoms with Crippen LogP contribution in [-0.2, 0) is 11.4 Å². The van der Waals surface area contributed by atoms with Gasteiger partial charge in [-0.05, 0) is 102 Å². The lowest BCUT2D eigenvalue weighted by Gasteiger charge is -2.15. The van der Waals surface area contributed by atoms with Crippen molar-refractivity contribution in [2.45, 2.75) is 20.5 Å². The fourth-order valence-corrected chi connectivity index (χ4v) is 4.28. The van der Waals surface area contributed by atoms with Crippen molar-refractivity contribution in [3.8, 4) is 23.3 Å². The van der Waals surface area contributed by atoms with Crippen LogP contribution in [0.1, 0.15) is 25.0 Å². The van der Waals surface area contributed by atoms with Crippen molar-refractivity contribution in [3.63, 3.8) is 0 Å². The average Bonchev–Trinajstić information content (AvgIpc) is 2.85. The Morgan fingerprint density at radius 3 is 2.36 bits per heavy atom. The van der Waals surface area contributed by atoms with E-state index in [0.717, 1.165) is 9.13 Å². The minimum absolute atomic E-state index is 0.0494. The van der Waals surface area contributed by atoms with E-state index in [4.69, 9.17) is 37.4 Å². The molecule has 3 aromatic carbocycles. The van der Waals surface area contributed by atoms with E-state index >= 15 is 0 Å². The lowest BCUT2D eigenvalue weighted by atomic mass is 10.1. The maximum Gasteiger partial charge on any atom is 0.266 e. The van der Waals surface area contributed by atoms with Gasteiger partial charge < -0.3 is 19.5 Å². The first-order chi connectivity index (χ1) is 17.3. The third kappa shape index (κ3) is 7.53. The van der Waals surface area contributed by atoms with Gasteiger partial charge in [-0.1, -0.05) is 29.3 Å². The molecule has 0 aliphatic rings. The van der Waals surface area contributed by atoms with Crippen LogP contribution in [0.15, 0.2) is 60.2 Å². The molecular weight excluding hydrogens is 614 g/mol. The van der Waals surface area contributed by atoms with Gasteiger partial charge in [0, 0.05) is 5.69 Å². The topological polar surface area (TPSA) is 80.6 Å². The van der Waals surface area contributed by atoms with E-state index in [1.165, 1.54) is 6.08 Å². The highest BCUT2D eigenvalue weighted by molar-refractivity contribution is 14.1. The summed E-state index contributed by atoms with van der Waals surface area (Å²) in [6, 6.07) is 17.8. The summed E-state index contributed by atoms with van der Waals surface area (Å²) in [5.41, 5.74) is 1.99. The molecule has 1 amide bonds. The number of halogens is 3. The Hall–Kier alpha value is -2.93. The number of hydrogen-bond donors (Lipinski definition) is 1. The highest BCUT2D eigenvalue weighted by Gasteiger charge is 2.15. The van der Waals surface area contributed by atoms with E-state index in [-0.39, 0.29) is 12.2 Å². The minimum Gasteiger partial charge on any atom is -0.494 e. The molecule has 0 radical (unpaired) electrons. The van der Waals surface area contributed by atoms with Gasteiger partial charge in [-0.2, -0.15) is 5.26 Å². The number of ether oxygens (including phenoxy) is 3. The van der Waals surface area contributed by atoms with Crippen molar-refractivity contribution < 1.29 is 19.0 Å². The van der Waals surface area contributed by atoms with Gasteiger partial charge in [-0.3, -0.25) is 4.79 Å². The van der Waals surface area contributed by atoms with Crippen LogP contribution in [0, 0.1) is 14.9 Å². The zero-order valence-electron chi connectivity index (χ0n) is 19.6. The van der Waals surface area contributed by atoms with E-state index in [0.29, 0.717) is 51.8 Å². The first kappa shape index (κ1) is 27.7. The van der Waals surface area contributed by atoms with Gasteiger partial charge in [0.1, 0.15) is 24.0 Å². The highest BCUT2D eigenvalue weighted by Crippen LogP contribution is 2.36. The second-order valence-electron chi connectivity index (χ2n) is 7.38. The molecule has 0 fully saturated rings. The summed E-state index contributed by atoms with van der Waals surface area (Å²) >= 11 is 14.2. The summed E-state index contributed by atoms with van der Waals surface area (Å²) in [6.07, 6.45) is 1.51. The number of rotatable bonds is 10. The molecule has 0 aromatic heterocycles. The molecule has 0 aliphatic heterocycles.